The molecule has 9 heteroatoms. The Morgan fingerprint density at radius 2 is 1.97 bits per heavy atom. The van der Waals surface area contributed by atoms with Crippen LogP contribution in [0.3, 0.4) is 0 Å². The van der Waals surface area contributed by atoms with Crippen molar-refractivity contribution in [2.75, 3.05) is 26.3 Å². The van der Waals surface area contributed by atoms with Crippen LogP contribution >= 0.6 is 0 Å². The number of carbonyl (C=O) groups is 1. The van der Waals surface area contributed by atoms with Gasteiger partial charge in [0.05, 0.1) is 24.6 Å². The largest absolute Gasteiger partial charge is 0.379 e. The summed E-state index contributed by atoms with van der Waals surface area (Å²) in [6.45, 7) is 4.99. The lowest BCUT2D eigenvalue weighted by atomic mass is 10.0. The molecule has 0 spiro atoms. The van der Waals surface area contributed by atoms with Gasteiger partial charge in [-0.25, -0.2) is 8.42 Å². The molecule has 160 valence electrons. The molecule has 29 heavy (non-hydrogen) atoms. The monoisotopic (exact) mass is 422 g/mol. The predicted octanol–water partition coefficient (Wildman–Crippen LogP) is 1.97. The van der Waals surface area contributed by atoms with Crippen molar-refractivity contribution in [1.82, 2.24) is 19.0 Å². The lowest BCUT2D eigenvalue weighted by molar-refractivity contribution is -0.130. The van der Waals surface area contributed by atoms with Gasteiger partial charge in [0.25, 0.3) is 0 Å². The Hall–Kier alpha value is -1.71. The Morgan fingerprint density at radius 1 is 1.24 bits per heavy atom. The van der Waals surface area contributed by atoms with E-state index in [2.05, 4.69) is 11.2 Å². The van der Waals surface area contributed by atoms with E-state index in [1.165, 1.54) is 10.7 Å². The average Bonchev–Trinajstić information content (AvgIpc) is 3.49. The third-order valence-electron chi connectivity index (χ3n) is 5.93. The molecule has 1 saturated carbocycles. The van der Waals surface area contributed by atoms with Crippen LogP contribution in [0.1, 0.15) is 49.9 Å². The molecular formula is C20H30N4O4S. The summed E-state index contributed by atoms with van der Waals surface area (Å²) in [6, 6.07) is 0.292. The number of nitrogens with zero attached hydrogens (tertiary/aromatic N) is 4. The van der Waals surface area contributed by atoms with Gasteiger partial charge >= 0.3 is 0 Å². The number of rotatable bonds is 6. The minimum atomic E-state index is -3.65. The number of allylic oxidation sites excluding steroid dienone is 2. The minimum Gasteiger partial charge on any atom is -0.379 e. The van der Waals surface area contributed by atoms with Crippen molar-refractivity contribution in [1.29, 1.82) is 0 Å². The Morgan fingerprint density at radius 3 is 2.59 bits per heavy atom. The molecule has 4 rings (SSSR count). The predicted molar refractivity (Wildman–Crippen MR) is 108 cm³/mol. The fourth-order valence-corrected chi connectivity index (χ4v) is 6.08. The van der Waals surface area contributed by atoms with E-state index in [4.69, 9.17) is 4.74 Å². The summed E-state index contributed by atoms with van der Waals surface area (Å²) in [7, 11) is -3.65. The number of aryl methyl sites for hydroxylation is 1. The van der Waals surface area contributed by atoms with Crippen molar-refractivity contribution < 1.29 is 17.9 Å². The minimum absolute atomic E-state index is 0.00145. The van der Waals surface area contributed by atoms with E-state index in [-0.39, 0.29) is 17.3 Å². The van der Waals surface area contributed by atoms with Gasteiger partial charge in [0.15, 0.2) is 0 Å². The summed E-state index contributed by atoms with van der Waals surface area (Å²) in [5.41, 5.74) is 2.10. The van der Waals surface area contributed by atoms with Gasteiger partial charge in [-0.05, 0) is 52.4 Å². The number of hydrogen-bond acceptors (Lipinski definition) is 5. The van der Waals surface area contributed by atoms with Crippen LogP contribution in [-0.2, 0) is 26.1 Å². The first-order valence-electron chi connectivity index (χ1n) is 10.5. The van der Waals surface area contributed by atoms with E-state index in [1.54, 1.807) is 18.5 Å². The Labute approximate surface area is 172 Å². The zero-order valence-corrected chi connectivity index (χ0v) is 18.1. The van der Waals surface area contributed by atoms with Crippen LogP contribution in [-0.4, -0.2) is 65.7 Å². The highest BCUT2D eigenvalue weighted by atomic mass is 32.2. The Kier molecular flexibility index (Phi) is 5.81. The quantitative estimate of drug-likeness (QED) is 0.700. The molecule has 3 aliphatic rings. The number of ether oxygens (including phenoxy) is 1. The molecule has 1 saturated heterocycles. The fourth-order valence-electron chi connectivity index (χ4n) is 4.30. The maximum absolute atomic E-state index is 13.2. The lowest BCUT2D eigenvalue weighted by Gasteiger charge is -2.28. The van der Waals surface area contributed by atoms with Crippen LogP contribution in [0.15, 0.2) is 16.7 Å². The van der Waals surface area contributed by atoms with E-state index < -0.39 is 10.0 Å². The van der Waals surface area contributed by atoms with Crippen molar-refractivity contribution in [3.8, 4) is 0 Å². The number of hydrogen-bond donors (Lipinski definition) is 0. The summed E-state index contributed by atoms with van der Waals surface area (Å²) in [4.78, 5) is 15.3. The van der Waals surface area contributed by atoms with Crippen LogP contribution in [0, 0.1) is 13.8 Å². The fraction of sp³-hybridized carbons (Fsp3) is 0.700. The van der Waals surface area contributed by atoms with E-state index in [9.17, 15) is 13.2 Å². The molecule has 0 unspecified atom stereocenters. The van der Waals surface area contributed by atoms with E-state index in [0.29, 0.717) is 43.7 Å². The standard InChI is InChI=1S/C20H30N4O4S/c1-15-20(29(26,27)22-10-12-28-13-11-22)16(2)23(21-15)14-19(25)24(18-8-9-18)17-6-4-3-5-7-17/h6,18H,3-5,7-14H2,1-2H3. The molecule has 1 aromatic heterocycles. The summed E-state index contributed by atoms with van der Waals surface area (Å²) in [5.74, 6) is 0.00145. The molecule has 0 atom stereocenters. The van der Waals surface area contributed by atoms with Crippen molar-refractivity contribution in [2.24, 2.45) is 0 Å². The normalized spacial score (nSPS) is 21.1. The van der Waals surface area contributed by atoms with Gasteiger partial charge in [-0.2, -0.15) is 9.40 Å². The smallest absolute Gasteiger partial charge is 0.248 e. The van der Waals surface area contributed by atoms with Gasteiger partial charge in [0.2, 0.25) is 15.9 Å². The molecule has 2 heterocycles. The first-order valence-corrected chi connectivity index (χ1v) is 12.0. The van der Waals surface area contributed by atoms with Crippen LogP contribution in [0.2, 0.25) is 0 Å². The molecule has 0 bridgehead atoms. The van der Waals surface area contributed by atoms with Crippen molar-refractivity contribution in [3.05, 3.63) is 23.2 Å². The van der Waals surface area contributed by atoms with Gasteiger partial charge in [-0.15, -0.1) is 0 Å². The average molecular weight is 423 g/mol. The first-order chi connectivity index (χ1) is 13.9. The van der Waals surface area contributed by atoms with E-state index in [0.717, 1.165) is 37.8 Å². The number of sulfonamides is 1. The van der Waals surface area contributed by atoms with Gasteiger partial charge in [-0.1, -0.05) is 6.08 Å². The molecule has 1 amide bonds. The van der Waals surface area contributed by atoms with Gasteiger partial charge < -0.3 is 9.64 Å². The molecule has 0 radical (unpaired) electrons. The number of carbonyl (C=O) groups excluding carboxylic acids is 1. The highest BCUT2D eigenvalue weighted by molar-refractivity contribution is 7.89. The molecular weight excluding hydrogens is 392 g/mol. The lowest BCUT2D eigenvalue weighted by Crippen LogP contribution is -2.41. The number of morpholine rings is 1. The van der Waals surface area contributed by atoms with Gasteiger partial charge in [-0.3, -0.25) is 9.48 Å². The van der Waals surface area contributed by atoms with Crippen molar-refractivity contribution >= 4 is 15.9 Å². The highest BCUT2D eigenvalue weighted by Gasteiger charge is 2.36. The number of amides is 1. The summed E-state index contributed by atoms with van der Waals surface area (Å²) in [6.07, 6.45) is 8.52. The highest BCUT2D eigenvalue weighted by Crippen LogP contribution is 2.34. The van der Waals surface area contributed by atoms with Crippen LogP contribution < -0.4 is 0 Å². The van der Waals surface area contributed by atoms with Crippen molar-refractivity contribution in [3.63, 3.8) is 0 Å². The molecule has 0 aromatic carbocycles. The maximum Gasteiger partial charge on any atom is 0.248 e. The Balaban J connectivity index is 1.57. The van der Waals surface area contributed by atoms with Gasteiger partial charge in [0, 0.05) is 24.8 Å². The first kappa shape index (κ1) is 20.6. The summed E-state index contributed by atoms with van der Waals surface area (Å²) < 4.78 is 34.6. The van der Waals surface area contributed by atoms with Crippen LogP contribution in [0.5, 0.6) is 0 Å². The second-order valence-corrected chi connectivity index (χ2v) is 9.98. The zero-order chi connectivity index (χ0) is 20.6. The molecule has 0 N–H and O–H groups in total. The molecule has 2 aliphatic carbocycles. The van der Waals surface area contributed by atoms with Crippen LogP contribution in [0.4, 0.5) is 0 Å². The molecule has 8 nitrogen and oxygen atoms in total. The third kappa shape index (κ3) is 4.13. The van der Waals surface area contributed by atoms with Crippen molar-refractivity contribution in [2.45, 2.75) is 69.9 Å². The SMILES string of the molecule is Cc1nn(CC(=O)N(C2=CCCCC2)C2CC2)c(C)c1S(=O)(=O)N1CCOCC1. The second kappa shape index (κ2) is 8.20. The Bertz CT molecular complexity index is 911. The summed E-state index contributed by atoms with van der Waals surface area (Å²) >= 11 is 0. The van der Waals surface area contributed by atoms with E-state index >= 15 is 0 Å². The second-order valence-electron chi connectivity index (χ2n) is 8.11. The maximum atomic E-state index is 13.2. The van der Waals surface area contributed by atoms with E-state index in [1.807, 2.05) is 4.90 Å². The van der Waals surface area contributed by atoms with Gasteiger partial charge in [0.1, 0.15) is 11.4 Å². The zero-order valence-electron chi connectivity index (χ0n) is 17.3. The molecule has 2 fully saturated rings. The third-order valence-corrected chi connectivity index (χ3v) is 8.08. The molecule has 1 aromatic rings. The summed E-state index contributed by atoms with van der Waals surface area (Å²) in [5, 5.41) is 4.43. The number of aromatic nitrogens is 2. The van der Waals surface area contributed by atoms with Crippen LogP contribution in [0.25, 0.3) is 0 Å². The molecule has 1 aliphatic heterocycles. The topological polar surface area (TPSA) is 84.7 Å².